The Morgan fingerprint density at radius 2 is 1.83 bits per heavy atom. The van der Waals surface area contributed by atoms with E-state index in [1.54, 1.807) is 12.1 Å². The van der Waals surface area contributed by atoms with Crippen LogP contribution >= 0.6 is 27.5 Å². The first-order valence-corrected chi connectivity index (χ1v) is 6.72. The average Bonchev–Trinajstić information content (AvgIpc) is 2.35. The topological polar surface area (TPSA) is 12.0 Å². The van der Waals surface area contributed by atoms with Crippen LogP contribution in [0.1, 0.15) is 11.1 Å². The first-order valence-electron chi connectivity index (χ1n) is 5.55. The SMILES string of the molecule is Fc1cccc(Cl)c1CNCc1ccccc1Br. The maximum absolute atomic E-state index is 13.5. The van der Waals surface area contributed by atoms with Crippen LogP contribution in [0.2, 0.25) is 5.02 Å². The van der Waals surface area contributed by atoms with Crippen LogP contribution in [-0.4, -0.2) is 0 Å². The minimum absolute atomic E-state index is 0.276. The molecule has 2 aromatic rings. The van der Waals surface area contributed by atoms with E-state index in [-0.39, 0.29) is 5.82 Å². The number of rotatable bonds is 4. The lowest BCUT2D eigenvalue weighted by Crippen LogP contribution is -2.14. The average molecular weight is 329 g/mol. The number of hydrogen-bond acceptors (Lipinski definition) is 1. The van der Waals surface area contributed by atoms with E-state index in [2.05, 4.69) is 21.2 Å². The van der Waals surface area contributed by atoms with Crippen molar-refractivity contribution >= 4 is 27.5 Å². The normalized spacial score (nSPS) is 10.6. The molecule has 0 bridgehead atoms. The van der Waals surface area contributed by atoms with Crippen molar-refractivity contribution in [1.82, 2.24) is 5.32 Å². The Labute approximate surface area is 119 Å². The molecule has 94 valence electrons. The zero-order chi connectivity index (χ0) is 13.0. The third-order valence-corrected chi connectivity index (χ3v) is 3.76. The fraction of sp³-hybridized carbons (Fsp3) is 0.143. The van der Waals surface area contributed by atoms with Crippen molar-refractivity contribution in [2.24, 2.45) is 0 Å². The van der Waals surface area contributed by atoms with Gasteiger partial charge >= 0.3 is 0 Å². The molecule has 2 aromatic carbocycles. The standard InChI is InChI=1S/C14H12BrClFN/c15-12-5-2-1-4-10(12)8-18-9-11-13(16)6-3-7-14(11)17/h1-7,18H,8-9H2. The molecule has 2 rings (SSSR count). The van der Waals surface area contributed by atoms with Crippen molar-refractivity contribution in [3.63, 3.8) is 0 Å². The van der Waals surface area contributed by atoms with Gasteiger partial charge in [-0.1, -0.05) is 51.8 Å². The Kier molecular flexibility index (Phi) is 4.75. The van der Waals surface area contributed by atoms with Crippen molar-refractivity contribution in [2.75, 3.05) is 0 Å². The van der Waals surface area contributed by atoms with Gasteiger partial charge in [0.25, 0.3) is 0 Å². The molecule has 0 aliphatic carbocycles. The van der Waals surface area contributed by atoms with Gasteiger partial charge < -0.3 is 5.32 Å². The van der Waals surface area contributed by atoms with Gasteiger partial charge in [0.05, 0.1) is 0 Å². The van der Waals surface area contributed by atoms with Crippen LogP contribution < -0.4 is 5.32 Å². The molecule has 1 nitrogen and oxygen atoms in total. The van der Waals surface area contributed by atoms with E-state index < -0.39 is 0 Å². The van der Waals surface area contributed by atoms with Crippen LogP contribution in [0.15, 0.2) is 46.9 Å². The Balaban J connectivity index is 1.99. The monoisotopic (exact) mass is 327 g/mol. The first-order chi connectivity index (χ1) is 8.68. The predicted molar refractivity (Wildman–Crippen MR) is 76.1 cm³/mol. The maximum atomic E-state index is 13.5. The molecule has 0 saturated carbocycles. The van der Waals surface area contributed by atoms with Gasteiger partial charge in [-0.15, -0.1) is 0 Å². The quantitative estimate of drug-likeness (QED) is 0.869. The van der Waals surface area contributed by atoms with Crippen molar-refractivity contribution in [2.45, 2.75) is 13.1 Å². The van der Waals surface area contributed by atoms with Crippen molar-refractivity contribution < 1.29 is 4.39 Å². The summed E-state index contributed by atoms with van der Waals surface area (Å²) < 4.78 is 14.6. The van der Waals surface area contributed by atoms with Crippen LogP contribution in [0.3, 0.4) is 0 Å². The highest BCUT2D eigenvalue weighted by atomic mass is 79.9. The number of nitrogens with one attached hydrogen (secondary N) is 1. The molecule has 0 fully saturated rings. The third kappa shape index (κ3) is 3.31. The summed E-state index contributed by atoms with van der Waals surface area (Å²) in [6.07, 6.45) is 0. The molecule has 0 aliphatic heterocycles. The largest absolute Gasteiger partial charge is 0.308 e. The second kappa shape index (κ2) is 6.32. The molecule has 0 aromatic heterocycles. The highest BCUT2D eigenvalue weighted by Crippen LogP contribution is 2.19. The molecule has 0 atom stereocenters. The minimum Gasteiger partial charge on any atom is -0.308 e. The summed E-state index contributed by atoms with van der Waals surface area (Å²) in [6, 6.07) is 12.6. The Bertz CT molecular complexity index is 525. The molecular weight excluding hydrogens is 317 g/mol. The molecule has 0 spiro atoms. The van der Waals surface area contributed by atoms with E-state index in [0.29, 0.717) is 23.7 Å². The summed E-state index contributed by atoms with van der Waals surface area (Å²) in [6.45, 7) is 1.07. The van der Waals surface area contributed by atoms with E-state index in [1.165, 1.54) is 6.07 Å². The van der Waals surface area contributed by atoms with Gasteiger partial charge in [0.15, 0.2) is 0 Å². The number of benzene rings is 2. The van der Waals surface area contributed by atoms with Gasteiger partial charge in [0, 0.05) is 28.1 Å². The zero-order valence-corrected chi connectivity index (χ0v) is 11.9. The second-order valence-electron chi connectivity index (χ2n) is 3.90. The van der Waals surface area contributed by atoms with E-state index in [0.717, 1.165) is 10.0 Å². The maximum Gasteiger partial charge on any atom is 0.129 e. The van der Waals surface area contributed by atoms with Gasteiger partial charge in [-0.25, -0.2) is 4.39 Å². The predicted octanol–water partition coefficient (Wildman–Crippen LogP) is 4.53. The molecule has 0 unspecified atom stereocenters. The highest BCUT2D eigenvalue weighted by Gasteiger charge is 2.06. The highest BCUT2D eigenvalue weighted by molar-refractivity contribution is 9.10. The summed E-state index contributed by atoms with van der Waals surface area (Å²) in [5.41, 5.74) is 1.64. The fourth-order valence-electron chi connectivity index (χ4n) is 1.67. The second-order valence-corrected chi connectivity index (χ2v) is 5.16. The van der Waals surface area contributed by atoms with Crippen LogP contribution in [0.5, 0.6) is 0 Å². The van der Waals surface area contributed by atoms with Gasteiger partial charge in [-0.3, -0.25) is 0 Å². The number of halogens is 3. The first kappa shape index (κ1) is 13.5. The smallest absolute Gasteiger partial charge is 0.129 e. The van der Waals surface area contributed by atoms with Crippen LogP contribution in [0, 0.1) is 5.82 Å². The molecule has 0 saturated heterocycles. The molecule has 0 amide bonds. The van der Waals surface area contributed by atoms with Crippen molar-refractivity contribution in [1.29, 1.82) is 0 Å². The number of hydrogen-bond donors (Lipinski definition) is 1. The van der Waals surface area contributed by atoms with Gasteiger partial charge in [-0.2, -0.15) is 0 Å². The lowest BCUT2D eigenvalue weighted by atomic mass is 10.2. The molecule has 0 aliphatic rings. The third-order valence-electron chi connectivity index (χ3n) is 2.64. The molecule has 0 radical (unpaired) electrons. The van der Waals surface area contributed by atoms with E-state index in [4.69, 9.17) is 11.6 Å². The van der Waals surface area contributed by atoms with Crippen molar-refractivity contribution in [3.8, 4) is 0 Å². The lowest BCUT2D eigenvalue weighted by molar-refractivity contribution is 0.588. The lowest BCUT2D eigenvalue weighted by Gasteiger charge is -2.09. The zero-order valence-electron chi connectivity index (χ0n) is 9.59. The minimum atomic E-state index is -0.276. The molecule has 0 heterocycles. The Morgan fingerprint density at radius 3 is 2.56 bits per heavy atom. The molecule has 1 N–H and O–H groups in total. The van der Waals surface area contributed by atoms with Gasteiger partial charge in [0.2, 0.25) is 0 Å². The molecule has 18 heavy (non-hydrogen) atoms. The summed E-state index contributed by atoms with van der Waals surface area (Å²) in [5.74, 6) is -0.276. The van der Waals surface area contributed by atoms with Crippen LogP contribution in [0.4, 0.5) is 4.39 Å². The van der Waals surface area contributed by atoms with Crippen LogP contribution in [-0.2, 0) is 13.1 Å². The van der Waals surface area contributed by atoms with Gasteiger partial charge in [-0.05, 0) is 23.8 Å². The summed E-state index contributed by atoms with van der Waals surface area (Å²) in [5, 5.41) is 3.64. The molecular formula is C14H12BrClFN. The van der Waals surface area contributed by atoms with Crippen LogP contribution in [0.25, 0.3) is 0 Å². The summed E-state index contributed by atoms with van der Waals surface area (Å²) in [7, 11) is 0. The van der Waals surface area contributed by atoms with Crippen molar-refractivity contribution in [3.05, 3.63) is 68.9 Å². The van der Waals surface area contributed by atoms with Gasteiger partial charge in [0.1, 0.15) is 5.82 Å². The Morgan fingerprint density at radius 1 is 1.06 bits per heavy atom. The summed E-state index contributed by atoms with van der Waals surface area (Å²) in [4.78, 5) is 0. The summed E-state index contributed by atoms with van der Waals surface area (Å²) >= 11 is 9.42. The van der Waals surface area contributed by atoms with E-state index in [9.17, 15) is 4.39 Å². The van der Waals surface area contributed by atoms with E-state index in [1.807, 2.05) is 24.3 Å². The Hall–Kier alpha value is -0.900. The fourth-order valence-corrected chi connectivity index (χ4v) is 2.32. The van der Waals surface area contributed by atoms with E-state index >= 15 is 0 Å². The molecule has 4 heteroatoms.